The third-order valence-electron chi connectivity index (χ3n) is 2.98. The number of aromatic nitrogens is 3. The van der Waals surface area contributed by atoms with Crippen LogP contribution >= 0.6 is 0 Å². The number of benzene rings is 1. The van der Waals surface area contributed by atoms with Gasteiger partial charge in [0.05, 0.1) is 0 Å². The number of hydrogen-bond acceptors (Lipinski definition) is 4. The van der Waals surface area contributed by atoms with Crippen LogP contribution in [0.1, 0.15) is 6.92 Å². The minimum Gasteiger partial charge on any atom is -0.508 e. The zero-order valence-electron chi connectivity index (χ0n) is 9.59. The molecule has 0 saturated heterocycles. The number of rotatable bonds is 1. The molecule has 1 aliphatic heterocycles. The van der Waals surface area contributed by atoms with E-state index in [-0.39, 0.29) is 5.75 Å². The van der Waals surface area contributed by atoms with Crippen LogP contribution in [0.3, 0.4) is 0 Å². The SMILES string of the molecule is CC1CNc2nnc(-c3ccc(O)cc3)n2C1. The van der Waals surface area contributed by atoms with Crippen LogP contribution in [0, 0.1) is 5.92 Å². The highest BCUT2D eigenvalue weighted by molar-refractivity contribution is 5.58. The average molecular weight is 230 g/mol. The molecule has 0 radical (unpaired) electrons. The molecular weight excluding hydrogens is 216 g/mol. The van der Waals surface area contributed by atoms with Crippen LogP contribution in [-0.4, -0.2) is 26.4 Å². The maximum absolute atomic E-state index is 9.28. The van der Waals surface area contributed by atoms with Crippen molar-refractivity contribution >= 4 is 5.95 Å². The number of fused-ring (bicyclic) bond motifs is 1. The number of nitrogens with zero attached hydrogens (tertiary/aromatic N) is 3. The number of phenolic OH excluding ortho intramolecular Hbond substituents is 1. The van der Waals surface area contributed by atoms with Crippen LogP contribution in [0.2, 0.25) is 0 Å². The molecule has 1 aromatic carbocycles. The molecule has 5 heteroatoms. The number of nitrogens with one attached hydrogen (secondary N) is 1. The number of aromatic hydroxyl groups is 1. The summed E-state index contributed by atoms with van der Waals surface area (Å²) in [4.78, 5) is 0. The topological polar surface area (TPSA) is 63.0 Å². The van der Waals surface area contributed by atoms with Gasteiger partial charge in [-0.1, -0.05) is 6.92 Å². The normalized spacial score (nSPS) is 18.5. The number of anilines is 1. The molecule has 2 aromatic rings. The highest BCUT2D eigenvalue weighted by atomic mass is 16.3. The monoisotopic (exact) mass is 230 g/mol. The van der Waals surface area contributed by atoms with E-state index in [2.05, 4.69) is 27.0 Å². The predicted molar refractivity (Wildman–Crippen MR) is 64.8 cm³/mol. The second kappa shape index (κ2) is 3.76. The molecule has 3 rings (SSSR count). The Hall–Kier alpha value is -2.04. The highest BCUT2D eigenvalue weighted by Crippen LogP contribution is 2.25. The molecule has 0 amide bonds. The fourth-order valence-corrected chi connectivity index (χ4v) is 2.07. The minimum absolute atomic E-state index is 0.263. The van der Waals surface area contributed by atoms with Gasteiger partial charge in [0.2, 0.25) is 5.95 Å². The fraction of sp³-hybridized carbons (Fsp3) is 0.333. The van der Waals surface area contributed by atoms with Gasteiger partial charge in [-0.2, -0.15) is 0 Å². The van der Waals surface area contributed by atoms with Crippen LogP contribution < -0.4 is 5.32 Å². The van der Waals surface area contributed by atoms with E-state index in [9.17, 15) is 5.11 Å². The standard InChI is InChI=1S/C12H14N4O/c1-8-6-13-12-15-14-11(16(12)7-8)9-2-4-10(17)5-3-9/h2-5,8,17H,6-7H2,1H3,(H,13,15). The van der Waals surface area contributed by atoms with Gasteiger partial charge < -0.3 is 10.4 Å². The number of hydrogen-bond donors (Lipinski definition) is 2. The van der Waals surface area contributed by atoms with Gasteiger partial charge in [0, 0.05) is 18.7 Å². The van der Waals surface area contributed by atoms with E-state index in [0.29, 0.717) is 5.92 Å². The summed E-state index contributed by atoms with van der Waals surface area (Å²) in [6.07, 6.45) is 0. The first-order valence-electron chi connectivity index (χ1n) is 5.70. The Bertz CT molecular complexity index is 532. The van der Waals surface area contributed by atoms with Crippen LogP contribution in [0.25, 0.3) is 11.4 Å². The molecule has 2 N–H and O–H groups in total. The lowest BCUT2D eigenvalue weighted by Gasteiger charge is -2.22. The largest absolute Gasteiger partial charge is 0.508 e. The van der Waals surface area contributed by atoms with Crippen molar-refractivity contribution < 1.29 is 5.11 Å². The van der Waals surface area contributed by atoms with Gasteiger partial charge in [0.15, 0.2) is 5.82 Å². The average Bonchev–Trinajstić information content (AvgIpc) is 2.73. The molecule has 88 valence electrons. The first-order valence-corrected chi connectivity index (χ1v) is 5.70. The first-order chi connectivity index (χ1) is 8.24. The van der Waals surface area contributed by atoms with Crippen LogP contribution in [0.15, 0.2) is 24.3 Å². The second-order valence-corrected chi connectivity index (χ2v) is 4.49. The van der Waals surface area contributed by atoms with Crippen molar-refractivity contribution in [2.75, 3.05) is 11.9 Å². The Morgan fingerprint density at radius 2 is 2.06 bits per heavy atom. The Labute approximate surface area is 99.1 Å². The Morgan fingerprint density at radius 1 is 1.29 bits per heavy atom. The van der Waals surface area contributed by atoms with E-state index in [4.69, 9.17) is 0 Å². The van der Waals surface area contributed by atoms with Crippen molar-refractivity contribution in [2.24, 2.45) is 5.92 Å². The smallest absolute Gasteiger partial charge is 0.224 e. The molecule has 5 nitrogen and oxygen atoms in total. The van der Waals surface area contributed by atoms with Crippen molar-refractivity contribution in [2.45, 2.75) is 13.5 Å². The van der Waals surface area contributed by atoms with Crippen molar-refractivity contribution in [1.82, 2.24) is 14.8 Å². The van der Waals surface area contributed by atoms with E-state index < -0.39 is 0 Å². The van der Waals surface area contributed by atoms with E-state index in [1.165, 1.54) is 0 Å². The molecule has 0 saturated carbocycles. The molecule has 1 unspecified atom stereocenters. The highest BCUT2D eigenvalue weighted by Gasteiger charge is 2.20. The molecule has 1 aliphatic rings. The maximum Gasteiger partial charge on any atom is 0.224 e. The van der Waals surface area contributed by atoms with Crippen LogP contribution in [0.4, 0.5) is 5.95 Å². The summed E-state index contributed by atoms with van der Waals surface area (Å²) in [7, 11) is 0. The molecule has 0 aliphatic carbocycles. The quantitative estimate of drug-likeness (QED) is 0.783. The maximum atomic E-state index is 9.28. The van der Waals surface area contributed by atoms with E-state index in [1.54, 1.807) is 12.1 Å². The Balaban J connectivity index is 2.04. The fourth-order valence-electron chi connectivity index (χ4n) is 2.07. The van der Waals surface area contributed by atoms with Crippen molar-refractivity contribution in [1.29, 1.82) is 0 Å². The zero-order valence-corrected chi connectivity index (χ0v) is 9.59. The summed E-state index contributed by atoms with van der Waals surface area (Å²) in [6.45, 7) is 4.05. The summed E-state index contributed by atoms with van der Waals surface area (Å²) in [5.74, 6) is 2.50. The summed E-state index contributed by atoms with van der Waals surface area (Å²) in [5, 5.41) is 20.9. The molecule has 0 fully saturated rings. The molecular formula is C12H14N4O. The summed E-state index contributed by atoms with van der Waals surface area (Å²) < 4.78 is 2.08. The molecule has 1 aromatic heterocycles. The molecule has 0 spiro atoms. The lowest BCUT2D eigenvalue weighted by atomic mass is 10.1. The van der Waals surface area contributed by atoms with Gasteiger partial charge in [-0.25, -0.2) is 0 Å². The summed E-state index contributed by atoms with van der Waals surface area (Å²) in [6, 6.07) is 7.03. The van der Waals surface area contributed by atoms with Crippen molar-refractivity contribution in [3.63, 3.8) is 0 Å². The first kappa shape index (κ1) is 10.1. The zero-order chi connectivity index (χ0) is 11.8. The van der Waals surface area contributed by atoms with Gasteiger partial charge in [-0.3, -0.25) is 4.57 Å². The Kier molecular flexibility index (Phi) is 2.24. The van der Waals surface area contributed by atoms with Gasteiger partial charge in [0.25, 0.3) is 0 Å². The van der Waals surface area contributed by atoms with E-state index >= 15 is 0 Å². The Morgan fingerprint density at radius 3 is 2.82 bits per heavy atom. The van der Waals surface area contributed by atoms with Gasteiger partial charge in [-0.15, -0.1) is 10.2 Å². The summed E-state index contributed by atoms with van der Waals surface area (Å²) >= 11 is 0. The molecule has 1 atom stereocenters. The van der Waals surface area contributed by atoms with Gasteiger partial charge >= 0.3 is 0 Å². The lowest BCUT2D eigenvalue weighted by molar-refractivity contribution is 0.474. The molecule has 2 heterocycles. The van der Waals surface area contributed by atoms with Crippen LogP contribution in [0.5, 0.6) is 5.75 Å². The van der Waals surface area contributed by atoms with E-state index in [0.717, 1.165) is 30.4 Å². The second-order valence-electron chi connectivity index (χ2n) is 4.49. The lowest BCUT2D eigenvalue weighted by Crippen LogP contribution is -2.25. The third-order valence-corrected chi connectivity index (χ3v) is 2.98. The van der Waals surface area contributed by atoms with Gasteiger partial charge in [0.1, 0.15) is 5.75 Å². The predicted octanol–water partition coefficient (Wildman–Crippen LogP) is 1.71. The molecule has 0 bridgehead atoms. The van der Waals surface area contributed by atoms with Crippen LogP contribution in [-0.2, 0) is 6.54 Å². The third kappa shape index (κ3) is 1.73. The number of phenols is 1. The van der Waals surface area contributed by atoms with Crippen molar-refractivity contribution in [3.8, 4) is 17.1 Å². The van der Waals surface area contributed by atoms with Gasteiger partial charge in [-0.05, 0) is 30.2 Å². The van der Waals surface area contributed by atoms with Crippen molar-refractivity contribution in [3.05, 3.63) is 24.3 Å². The van der Waals surface area contributed by atoms with E-state index in [1.807, 2.05) is 12.1 Å². The molecule has 17 heavy (non-hydrogen) atoms. The minimum atomic E-state index is 0.263. The summed E-state index contributed by atoms with van der Waals surface area (Å²) in [5.41, 5.74) is 0.970.